The maximum atomic E-state index is 5.90. The van der Waals surface area contributed by atoms with Gasteiger partial charge in [-0.1, -0.05) is 13.3 Å². The summed E-state index contributed by atoms with van der Waals surface area (Å²) in [5.41, 5.74) is 5.72. The van der Waals surface area contributed by atoms with Crippen LogP contribution >= 0.6 is 0 Å². The van der Waals surface area contributed by atoms with Crippen molar-refractivity contribution in [2.45, 2.75) is 38.7 Å². The van der Waals surface area contributed by atoms with Gasteiger partial charge in [0, 0.05) is 12.4 Å². The molecule has 0 aromatic carbocycles. The van der Waals surface area contributed by atoms with E-state index in [1.165, 1.54) is 23.9 Å². The molecule has 7 nitrogen and oxygen atoms in total. The van der Waals surface area contributed by atoms with Gasteiger partial charge in [-0.05, 0) is 31.2 Å². The molecule has 0 saturated heterocycles. The average molecular weight is 274 g/mol. The Kier molecular flexibility index (Phi) is 3.49. The SMILES string of the molecule is CC1CCCCC1Oc1nc(N)nc(-n2cccn2)n1. The van der Waals surface area contributed by atoms with E-state index in [-0.39, 0.29) is 18.1 Å². The van der Waals surface area contributed by atoms with Crippen LogP contribution in [-0.4, -0.2) is 30.8 Å². The standard InChI is InChI=1S/C13H18N6O/c1-9-5-2-3-6-10(9)20-13-17-11(14)16-12(18-13)19-8-4-7-15-19/h4,7-10H,2-3,5-6H2,1H3,(H2,14,16,17,18). The number of anilines is 1. The van der Waals surface area contributed by atoms with Crippen LogP contribution in [0.4, 0.5) is 5.95 Å². The van der Waals surface area contributed by atoms with E-state index in [1.54, 1.807) is 18.5 Å². The smallest absolute Gasteiger partial charge is 0.323 e. The summed E-state index contributed by atoms with van der Waals surface area (Å²) in [5, 5.41) is 4.08. The lowest BCUT2D eigenvalue weighted by Gasteiger charge is -2.28. The summed E-state index contributed by atoms with van der Waals surface area (Å²) in [6.45, 7) is 2.20. The number of rotatable bonds is 3. The summed E-state index contributed by atoms with van der Waals surface area (Å²) in [5.74, 6) is 1.03. The van der Waals surface area contributed by atoms with Gasteiger partial charge in [0.1, 0.15) is 6.10 Å². The molecule has 7 heteroatoms. The third-order valence-electron chi connectivity index (χ3n) is 3.62. The number of nitrogens with two attached hydrogens (primary N) is 1. The van der Waals surface area contributed by atoms with E-state index >= 15 is 0 Å². The minimum Gasteiger partial charge on any atom is -0.460 e. The van der Waals surface area contributed by atoms with E-state index in [2.05, 4.69) is 27.0 Å². The first-order valence-corrected chi connectivity index (χ1v) is 6.90. The van der Waals surface area contributed by atoms with E-state index in [0.717, 1.165) is 6.42 Å². The fourth-order valence-corrected chi connectivity index (χ4v) is 2.50. The molecule has 0 aliphatic heterocycles. The monoisotopic (exact) mass is 274 g/mol. The van der Waals surface area contributed by atoms with Gasteiger partial charge in [0.05, 0.1) is 0 Å². The number of nitrogens with zero attached hydrogens (tertiary/aromatic N) is 5. The van der Waals surface area contributed by atoms with Crippen molar-refractivity contribution >= 4 is 5.95 Å². The largest absolute Gasteiger partial charge is 0.460 e. The molecule has 20 heavy (non-hydrogen) atoms. The molecule has 1 aliphatic rings. The summed E-state index contributed by atoms with van der Waals surface area (Å²) in [6.07, 6.45) is 8.21. The van der Waals surface area contributed by atoms with Crippen molar-refractivity contribution in [3.05, 3.63) is 18.5 Å². The Bertz CT molecular complexity index is 570. The summed E-state index contributed by atoms with van der Waals surface area (Å²) in [4.78, 5) is 12.4. The molecule has 2 unspecified atom stereocenters. The van der Waals surface area contributed by atoms with Crippen LogP contribution in [0.15, 0.2) is 18.5 Å². The lowest BCUT2D eigenvalue weighted by molar-refractivity contribution is 0.0921. The van der Waals surface area contributed by atoms with Gasteiger partial charge in [0.15, 0.2) is 0 Å². The van der Waals surface area contributed by atoms with Gasteiger partial charge < -0.3 is 10.5 Å². The number of aromatic nitrogens is 5. The highest BCUT2D eigenvalue weighted by Gasteiger charge is 2.24. The van der Waals surface area contributed by atoms with Crippen LogP contribution in [0, 0.1) is 5.92 Å². The van der Waals surface area contributed by atoms with E-state index in [0.29, 0.717) is 11.9 Å². The second kappa shape index (κ2) is 5.44. The molecule has 0 radical (unpaired) electrons. The molecule has 0 bridgehead atoms. The van der Waals surface area contributed by atoms with Crippen molar-refractivity contribution in [1.29, 1.82) is 0 Å². The maximum Gasteiger partial charge on any atom is 0.323 e. The Balaban J connectivity index is 1.82. The lowest BCUT2D eigenvalue weighted by atomic mass is 9.88. The zero-order chi connectivity index (χ0) is 13.9. The minimum atomic E-state index is 0.143. The molecule has 1 fully saturated rings. The van der Waals surface area contributed by atoms with Crippen LogP contribution in [0.25, 0.3) is 5.95 Å². The molecule has 2 aromatic rings. The van der Waals surface area contributed by atoms with Crippen LogP contribution in [0.5, 0.6) is 6.01 Å². The van der Waals surface area contributed by atoms with Gasteiger partial charge in [-0.15, -0.1) is 0 Å². The van der Waals surface area contributed by atoms with E-state index in [9.17, 15) is 0 Å². The molecular weight excluding hydrogens is 256 g/mol. The first kappa shape index (κ1) is 12.8. The van der Waals surface area contributed by atoms with Crippen molar-refractivity contribution in [2.75, 3.05) is 5.73 Å². The van der Waals surface area contributed by atoms with E-state index in [4.69, 9.17) is 10.5 Å². The quantitative estimate of drug-likeness (QED) is 0.914. The summed E-state index contributed by atoms with van der Waals surface area (Å²) in [7, 11) is 0. The molecule has 1 saturated carbocycles. The zero-order valence-corrected chi connectivity index (χ0v) is 11.4. The van der Waals surface area contributed by atoms with Crippen molar-refractivity contribution in [3.63, 3.8) is 0 Å². The number of ether oxygens (including phenoxy) is 1. The molecular formula is C13H18N6O. The van der Waals surface area contributed by atoms with Gasteiger partial charge in [0.25, 0.3) is 5.95 Å². The van der Waals surface area contributed by atoms with Crippen molar-refractivity contribution < 1.29 is 4.74 Å². The number of hydrogen-bond donors (Lipinski definition) is 1. The van der Waals surface area contributed by atoms with Gasteiger partial charge in [-0.3, -0.25) is 0 Å². The highest BCUT2D eigenvalue weighted by molar-refractivity contribution is 5.24. The predicted octanol–water partition coefficient (Wildman–Crippen LogP) is 1.60. The molecule has 2 aromatic heterocycles. The summed E-state index contributed by atoms with van der Waals surface area (Å²) < 4.78 is 7.44. The summed E-state index contributed by atoms with van der Waals surface area (Å²) >= 11 is 0. The molecule has 2 heterocycles. The Labute approximate surface area is 117 Å². The predicted molar refractivity (Wildman–Crippen MR) is 73.4 cm³/mol. The first-order valence-electron chi connectivity index (χ1n) is 6.90. The topological polar surface area (TPSA) is 91.7 Å². The zero-order valence-electron chi connectivity index (χ0n) is 11.4. The number of hydrogen-bond acceptors (Lipinski definition) is 6. The maximum absolute atomic E-state index is 5.90. The van der Waals surface area contributed by atoms with Crippen LogP contribution in [-0.2, 0) is 0 Å². The second-order valence-corrected chi connectivity index (χ2v) is 5.14. The number of nitrogen functional groups attached to an aromatic ring is 1. The molecule has 0 amide bonds. The Hall–Kier alpha value is -2.18. The Morgan fingerprint density at radius 3 is 2.85 bits per heavy atom. The minimum absolute atomic E-state index is 0.143. The normalized spacial score (nSPS) is 22.6. The highest BCUT2D eigenvalue weighted by Crippen LogP contribution is 2.27. The molecule has 3 rings (SSSR count). The molecule has 2 N–H and O–H groups in total. The third-order valence-corrected chi connectivity index (χ3v) is 3.62. The summed E-state index contributed by atoms with van der Waals surface area (Å²) in [6, 6.07) is 2.07. The van der Waals surface area contributed by atoms with Crippen LogP contribution in [0.3, 0.4) is 0 Å². The second-order valence-electron chi connectivity index (χ2n) is 5.14. The average Bonchev–Trinajstić information content (AvgIpc) is 2.95. The lowest BCUT2D eigenvalue weighted by Crippen LogP contribution is -2.29. The van der Waals surface area contributed by atoms with Crippen LogP contribution in [0.1, 0.15) is 32.6 Å². The molecule has 2 atom stereocenters. The molecule has 1 aliphatic carbocycles. The molecule has 106 valence electrons. The van der Waals surface area contributed by atoms with Gasteiger partial charge in [0.2, 0.25) is 5.95 Å². The van der Waals surface area contributed by atoms with E-state index in [1.807, 2.05) is 0 Å². The van der Waals surface area contributed by atoms with Crippen molar-refractivity contribution in [1.82, 2.24) is 24.7 Å². The van der Waals surface area contributed by atoms with Gasteiger partial charge in [-0.25, -0.2) is 4.68 Å². The van der Waals surface area contributed by atoms with Crippen molar-refractivity contribution in [3.8, 4) is 12.0 Å². The molecule has 0 spiro atoms. The first-order chi connectivity index (χ1) is 9.72. The third kappa shape index (κ3) is 2.71. The van der Waals surface area contributed by atoms with Crippen LogP contribution < -0.4 is 10.5 Å². The van der Waals surface area contributed by atoms with E-state index < -0.39 is 0 Å². The van der Waals surface area contributed by atoms with Crippen LogP contribution in [0.2, 0.25) is 0 Å². The van der Waals surface area contributed by atoms with Crippen molar-refractivity contribution in [2.24, 2.45) is 5.92 Å². The van der Waals surface area contributed by atoms with Gasteiger partial charge in [-0.2, -0.15) is 20.1 Å². The van der Waals surface area contributed by atoms with Gasteiger partial charge >= 0.3 is 6.01 Å². The fourth-order valence-electron chi connectivity index (χ4n) is 2.50. The fraction of sp³-hybridized carbons (Fsp3) is 0.538. The highest BCUT2D eigenvalue weighted by atomic mass is 16.5. The Morgan fingerprint density at radius 1 is 1.25 bits per heavy atom. The Morgan fingerprint density at radius 2 is 2.10 bits per heavy atom.